The number of morpholine rings is 1. The highest BCUT2D eigenvalue weighted by atomic mass is 16.5. The summed E-state index contributed by atoms with van der Waals surface area (Å²) in [5.74, 6) is -0.0995. The van der Waals surface area contributed by atoms with E-state index in [0.29, 0.717) is 37.6 Å². The van der Waals surface area contributed by atoms with Crippen LogP contribution in [0.1, 0.15) is 16.1 Å². The third-order valence-electron chi connectivity index (χ3n) is 2.52. The summed E-state index contributed by atoms with van der Waals surface area (Å²) in [4.78, 5) is 27.6. The quantitative estimate of drug-likeness (QED) is 0.736. The first-order chi connectivity index (χ1) is 7.66. The minimum atomic E-state index is -0.239. The van der Waals surface area contributed by atoms with Crippen LogP contribution in [-0.4, -0.2) is 42.1 Å². The van der Waals surface area contributed by atoms with Crippen LogP contribution in [0.5, 0.6) is 0 Å². The lowest BCUT2D eigenvalue weighted by molar-refractivity contribution is 0.0302. The average Bonchev–Trinajstić information content (AvgIpc) is 2.28. The van der Waals surface area contributed by atoms with Gasteiger partial charge in [0.2, 0.25) is 5.56 Å². The number of amides is 1. The fourth-order valence-corrected chi connectivity index (χ4v) is 1.76. The molecule has 1 aliphatic rings. The number of carbonyl (C=O) groups excluding carboxylic acids is 1. The van der Waals surface area contributed by atoms with Gasteiger partial charge in [-0.25, -0.2) is 0 Å². The molecular weight excluding hydrogens is 208 g/mol. The Hall–Kier alpha value is -1.62. The number of pyridine rings is 1. The number of aromatic nitrogens is 1. The third-order valence-corrected chi connectivity index (χ3v) is 2.52. The van der Waals surface area contributed by atoms with Gasteiger partial charge < -0.3 is 14.6 Å². The van der Waals surface area contributed by atoms with E-state index in [1.54, 1.807) is 17.9 Å². The molecule has 5 nitrogen and oxygen atoms in total. The van der Waals surface area contributed by atoms with Crippen LogP contribution in [0.25, 0.3) is 0 Å². The van der Waals surface area contributed by atoms with Gasteiger partial charge in [0, 0.05) is 30.4 Å². The molecule has 0 radical (unpaired) electrons. The monoisotopic (exact) mass is 222 g/mol. The van der Waals surface area contributed by atoms with Gasteiger partial charge in [-0.1, -0.05) is 0 Å². The second kappa shape index (κ2) is 4.49. The minimum Gasteiger partial charge on any atom is -0.378 e. The number of aryl methyl sites for hydroxylation is 1. The van der Waals surface area contributed by atoms with Crippen molar-refractivity contribution >= 4 is 5.91 Å². The van der Waals surface area contributed by atoms with Gasteiger partial charge >= 0.3 is 0 Å². The van der Waals surface area contributed by atoms with Crippen molar-refractivity contribution in [3.05, 3.63) is 33.7 Å². The normalized spacial score (nSPS) is 16.2. The zero-order valence-electron chi connectivity index (χ0n) is 9.16. The summed E-state index contributed by atoms with van der Waals surface area (Å²) < 4.78 is 5.17. The van der Waals surface area contributed by atoms with Crippen molar-refractivity contribution in [3.8, 4) is 0 Å². The predicted molar refractivity (Wildman–Crippen MR) is 58.5 cm³/mol. The van der Waals surface area contributed by atoms with Crippen LogP contribution in [0.3, 0.4) is 0 Å². The Bertz CT molecular complexity index is 447. The molecule has 1 aliphatic heterocycles. The topological polar surface area (TPSA) is 62.4 Å². The van der Waals surface area contributed by atoms with E-state index in [4.69, 9.17) is 4.74 Å². The van der Waals surface area contributed by atoms with E-state index < -0.39 is 0 Å². The largest absolute Gasteiger partial charge is 0.378 e. The van der Waals surface area contributed by atoms with Gasteiger partial charge in [-0.2, -0.15) is 0 Å². The van der Waals surface area contributed by atoms with Gasteiger partial charge in [0.1, 0.15) is 0 Å². The number of aromatic amines is 1. The van der Waals surface area contributed by atoms with Crippen molar-refractivity contribution in [2.75, 3.05) is 26.3 Å². The molecule has 0 atom stereocenters. The summed E-state index contributed by atoms with van der Waals surface area (Å²) >= 11 is 0. The fraction of sp³-hybridized carbons (Fsp3) is 0.455. The molecular formula is C11H14N2O3. The Kier molecular flexibility index (Phi) is 3.05. The molecule has 2 heterocycles. The molecule has 86 valence electrons. The highest BCUT2D eigenvalue weighted by Gasteiger charge is 2.18. The predicted octanol–water partition coefficient (Wildman–Crippen LogP) is 0.156. The lowest BCUT2D eigenvalue weighted by Crippen LogP contribution is -2.41. The van der Waals surface area contributed by atoms with E-state index in [9.17, 15) is 9.59 Å². The highest BCUT2D eigenvalue weighted by Crippen LogP contribution is 2.06. The molecule has 1 saturated heterocycles. The third kappa shape index (κ3) is 2.30. The molecule has 1 aromatic rings. The first-order valence-corrected chi connectivity index (χ1v) is 5.25. The van der Waals surface area contributed by atoms with Crippen molar-refractivity contribution < 1.29 is 9.53 Å². The lowest BCUT2D eigenvalue weighted by Gasteiger charge is -2.26. The molecule has 0 unspecified atom stereocenters. The molecule has 1 N–H and O–H groups in total. The van der Waals surface area contributed by atoms with Crippen LogP contribution >= 0.6 is 0 Å². The summed E-state index contributed by atoms with van der Waals surface area (Å²) in [6, 6.07) is 3.03. The number of nitrogens with one attached hydrogen (secondary N) is 1. The highest BCUT2D eigenvalue weighted by molar-refractivity contribution is 5.94. The SMILES string of the molecule is Cc1cc(C(=O)N2CCOCC2)cc(=O)[nH]1. The van der Waals surface area contributed by atoms with E-state index >= 15 is 0 Å². The van der Waals surface area contributed by atoms with E-state index in [1.165, 1.54) is 6.07 Å². The molecule has 0 saturated carbocycles. The van der Waals surface area contributed by atoms with Crippen molar-refractivity contribution in [3.63, 3.8) is 0 Å². The van der Waals surface area contributed by atoms with Crippen LogP contribution < -0.4 is 5.56 Å². The minimum absolute atomic E-state index is 0.0995. The number of ether oxygens (including phenoxy) is 1. The summed E-state index contributed by atoms with van der Waals surface area (Å²) in [7, 11) is 0. The van der Waals surface area contributed by atoms with Crippen LogP contribution in [-0.2, 0) is 4.74 Å². The Labute approximate surface area is 93.0 Å². The molecule has 16 heavy (non-hydrogen) atoms. The summed E-state index contributed by atoms with van der Waals surface area (Å²) in [6.07, 6.45) is 0. The second-order valence-corrected chi connectivity index (χ2v) is 3.82. The van der Waals surface area contributed by atoms with E-state index in [-0.39, 0.29) is 11.5 Å². The average molecular weight is 222 g/mol. The number of H-pyrrole nitrogens is 1. The van der Waals surface area contributed by atoms with E-state index in [2.05, 4.69) is 4.98 Å². The fourth-order valence-electron chi connectivity index (χ4n) is 1.76. The number of rotatable bonds is 1. The molecule has 2 rings (SSSR count). The molecule has 0 bridgehead atoms. The maximum atomic E-state index is 12.0. The lowest BCUT2D eigenvalue weighted by atomic mass is 10.2. The van der Waals surface area contributed by atoms with Gasteiger partial charge in [-0.15, -0.1) is 0 Å². The van der Waals surface area contributed by atoms with Gasteiger partial charge in [0.05, 0.1) is 13.2 Å². The second-order valence-electron chi connectivity index (χ2n) is 3.82. The smallest absolute Gasteiger partial charge is 0.254 e. The number of hydrogen-bond donors (Lipinski definition) is 1. The molecule has 0 aliphatic carbocycles. The standard InChI is InChI=1S/C11H14N2O3/c1-8-6-9(7-10(14)12-8)11(15)13-2-4-16-5-3-13/h6-7H,2-5H2,1H3,(H,12,14). The summed E-state index contributed by atoms with van der Waals surface area (Å²) in [5.41, 5.74) is 0.906. The van der Waals surface area contributed by atoms with Gasteiger partial charge in [-0.3, -0.25) is 9.59 Å². The first kappa shape index (κ1) is 10.9. The van der Waals surface area contributed by atoms with E-state index in [0.717, 1.165) is 0 Å². The molecule has 1 fully saturated rings. The molecule has 1 aromatic heterocycles. The zero-order valence-corrected chi connectivity index (χ0v) is 9.16. The van der Waals surface area contributed by atoms with Crippen molar-refractivity contribution in [1.82, 2.24) is 9.88 Å². The first-order valence-electron chi connectivity index (χ1n) is 5.25. The molecule has 5 heteroatoms. The zero-order chi connectivity index (χ0) is 11.5. The van der Waals surface area contributed by atoms with Crippen molar-refractivity contribution in [2.45, 2.75) is 6.92 Å². The number of hydrogen-bond acceptors (Lipinski definition) is 3. The Morgan fingerprint density at radius 2 is 2.06 bits per heavy atom. The summed E-state index contributed by atoms with van der Waals surface area (Å²) in [6.45, 7) is 4.06. The van der Waals surface area contributed by atoms with Gasteiger partial charge in [0.15, 0.2) is 0 Å². The van der Waals surface area contributed by atoms with Crippen LogP contribution in [0.2, 0.25) is 0 Å². The molecule has 1 amide bonds. The Morgan fingerprint density at radius 1 is 1.38 bits per heavy atom. The van der Waals surface area contributed by atoms with Crippen LogP contribution in [0.15, 0.2) is 16.9 Å². The summed E-state index contributed by atoms with van der Waals surface area (Å²) in [5, 5.41) is 0. The molecule has 0 spiro atoms. The van der Waals surface area contributed by atoms with Crippen LogP contribution in [0.4, 0.5) is 0 Å². The maximum Gasteiger partial charge on any atom is 0.254 e. The van der Waals surface area contributed by atoms with Crippen LogP contribution in [0, 0.1) is 6.92 Å². The number of carbonyl (C=O) groups is 1. The van der Waals surface area contributed by atoms with Gasteiger partial charge in [0.25, 0.3) is 5.91 Å². The van der Waals surface area contributed by atoms with Crippen molar-refractivity contribution in [2.24, 2.45) is 0 Å². The Morgan fingerprint density at radius 3 is 2.69 bits per heavy atom. The number of nitrogens with zero attached hydrogens (tertiary/aromatic N) is 1. The van der Waals surface area contributed by atoms with Gasteiger partial charge in [-0.05, 0) is 13.0 Å². The van der Waals surface area contributed by atoms with Crippen molar-refractivity contribution in [1.29, 1.82) is 0 Å². The van der Waals surface area contributed by atoms with E-state index in [1.807, 2.05) is 0 Å². The maximum absolute atomic E-state index is 12.0. The molecule has 0 aromatic carbocycles. The Balaban J connectivity index is 2.22.